The minimum absolute atomic E-state index is 0.297. The van der Waals surface area contributed by atoms with Crippen molar-refractivity contribution in [2.24, 2.45) is 0 Å². The van der Waals surface area contributed by atoms with Crippen LogP contribution in [-0.2, 0) is 13.0 Å². The van der Waals surface area contributed by atoms with Gasteiger partial charge in [0.25, 0.3) is 0 Å². The van der Waals surface area contributed by atoms with Crippen molar-refractivity contribution in [2.45, 2.75) is 46.1 Å². The van der Waals surface area contributed by atoms with E-state index in [1.807, 2.05) is 26.2 Å². The summed E-state index contributed by atoms with van der Waals surface area (Å²) in [7, 11) is 0. The molecule has 0 saturated heterocycles. The first-order valence-corrected chi connectivity index (χ1v) is 6.03. The molecular weight excluding hydrogens is 216 g/mol. The van der Waals surface area contributed by atoms with E-state index in [-0.39, 0.29) is 0 Å². The molecule has 0 unspecified atom stereocenters. The van der Waals surface area contributed by atoms with E-state index in [4.69, 9.17) is 4.52 Å². The number of hydrogen-bond donors (Lipinski definition) is 0. The summed E-state index contributed by atoms with van der Waals surface area (Å²) in [6, 6.07) is 0. The standard InChI is InChI=1S/C12H18N4O/c1-4-5-10-13-6-7-16(10)8-11-14-12(9(2)3)15-17-11/h6-7,9H,4-5,8H2,1-3H3. The Bertz CT molecular complexity index is 472. The van der Waals surface area contributed by atoms with E-state index in [1.54, 1.807) is 0 Å². The molecular formula is C12H18N4O. The molecule has 0 atom stereocenters. The van der Waals surface area contributed by atoms with Crippen LogP contribution in [0.1, 0.15) is 50.6 Å². The average Bonchev–Trinajstić information content (AvgIpc) is 2.90. The maximum Gasteiger partial charge on any atom is 0.246 e. The number of rotatable bonds is 5. The minimum atomic E-state index is 0.297. The van der Waals surface area contributed by atoms with Crippen LogP contribution in [0.25, 0.3) is 0 Å². The Kier molecular flexibility index (Phi) is 3.56. The average molecular weight is 234 g/mol. The Labute approximate surface area is 101 Å². The second kappa shape index (κ2) is 5.12. The van der Waals surface area contributed by atoms with E-state index in [1.165, 1.54) is 0 Å². The van der Waals surface area contributed by atoms with Gasteiger partial charge in [0.1, 0.15) is 12.4 Å². The highest BCUT2D eigenvalue weighted by Gasteiger charge is 2.11. The van der Waals surface area contributed by atoms with Gasteiger partial charge in [-0.25, -0.2) is 4.98 Å². The van der Waals surface area contributed by atoms with E-state index in [9.17, 15) is 0 Å². The van der Waals surface area contributed by atoms with Gasteiger partial charge in [-0.2, -0.15) is 4.98 Å². The highest BCUT2D eigenvalue weighted by Crippen LogP contribution is 2.11. The summed E-state index contributed by atoms with van der Waals surface area (Å²) in [5.41, 5.74) is 0. The zero-order chi connectivity index (χ0) is 12.3. The summed E-state index contributed by atoms with van der Waals surface area (Å²) in [5.74, 6) is 2.77. The maximum atomic E-state index is 5.22. The summed E-state index contributed by atoms with van der Waals surface area (Å²) in [6.45, 7) is 6.85. The Hall–Kier alpha value is -1.65. The smallest absolute Gasteiger partial charge is 0.246 e. The van der Waals surface area contributed by atoms with Crippen molar-refractivity contribution < 1.29 is 4.52 Å². The van der Waals surface area contributed by atoms with Crippen LogP contribution in [-0.4, -0.2) is 19.7 Å². The van der Waals surface area contributed by atoms with Crippen molar-refractivity contribution in [2.75, 3.05) is 0 Å². The molecule has 0 aliphatic heterocycles. The van der Waals surface area contributed by atoms with Crippen molar-refractivity contribution in [1.29, 1.82) is 0 Å². The van der Waals surface area contributed by atoms with Crippen LogP contribution < -0.4 is 0 Å². The lowest BCUT2D eigenvalue weighted by Crippen LogP contribution is -2.04. The molecule has 2 heterocycles. The van der Waals surface area contributed by atoms with Gasteiger partial charge in [0.15, 0.2) is 5.82 Å². The first-order chi connectivity index (χ1) is 8.20. The highest BCUT2D eigenvalue weighted by molar-refractivity contribution is 4.97. The van der Waals surface area contributed by atoms with Gasteiger partial charge in [-0.1, -0.05) is 25.9 Å². The van der Waals surface area contributed by atoms with Gasteiger partial charge in [-0.3, -0.25) is 0 Å². The Morgan fingerprint density at radius 1 is 1.41 bits per heavy atom. The fourth-order valence-electron chi connectivity index (χ4n) is 1.65. The quantitative estimate of drug-likeness (QED) is 0.797. The molecule has 0 fully saturated rings. The molecule has 0 N–H and O–H groups in total. The lowest BCUT2D eigenvalue weighted by atomic mass is 10.2. The first kappa shape index (κ1) is 11.8. The second-order valence-electron chi connectivity index (χ2n) is 4.42. The number of aryl methyl sites for hydroxylation is 1. The first-order valence-electron chi connectivity index (χ1n) is 6.03. The number of nitrogens with zero attached hydrogens (tertiary/aromatic N) is 4. The van der Waals surface area contributed by atoms with E-state index >= 15 is 0 Å². The monoisotopic (exact) mass is 234 g/mol. The Morgan fingerprint density at radius 2 is 2.24 bits per heavy atom. The minimum Gasteiger partial charge on any atom is -0.337 e. The molecule has 5 nitrogen and oxygen atoms in total. The molecule has 5 heteroatoms. The summed E-state index contributed by atoms with van der Waals surface area (Å²) < 4.78 is 7.28. The normalized spacial score (nSPS) is 11.3. The molecule has 0 bridgehead atoms. The van der Waals surface area contributed by atoms with Crippen molar-refractivity contribution in [3.05, 3.63) is 29.9 Å². The molecule has 0 amide bonds. The number of hydrogen-bond acceptors (Lipinski definition) is 4. The fourth-order valence-corrected chi connectivity index (χ4v) is 1.65. The van der Waals surface area contributed by atoms with Crippen molar-refractivity contribution in [1.82, 2.24) is 19.7 Å². The van der Waals surface area contributed by atoms with Crippen molar-refractivity contribution in [3.8, 4) is 0 Å². The van der Waals surface area contributed by atoms with Gasteiger partial charge < -0.3 is 9.09 Å². The van der Waals surface area contributed by atoms with Gasteiger partial charge in [-0.05, 0) is 6.42 Å². The lowest BCUT2D eigenvalue weighted by molar-refractivity contribution is 0.363. The van der Waals surface area contributed by atoms with Crippen LogP contribution in [0.4, 0.5) is 0 Å². The van der Waals surface area contributed by atoms with Crippen LogP contribution in [0.5, 0.6) is 0 Å². The molecule has 2 aromatic heterocycles. The Balaban J connectivity index is 2.11. The molecule has 0 spiro atoms. The number of imidazole rings is 1. The maximum absolute atomic E-state index is 5.22. The molecule has 92 valence electrons. The molecule has 0 aliphatic rings. The van der Waals surface area contributed by atoms with E-state index in [0.29, 0.717) is 18.4 Å². The largest absolute Gasteiger partial charge is 0.337 e. The predicted octanol–water partition coefficient (Wildman–Crippen LogP) is 2.39. The van der Waals surface area contributed by atoms with Crippen LogP contribution in [0.3, 0.4) is 0 Å². The lowest BCUT2D eigenvalue weighted by Gasteiger charge is -2.02. The SMILES string of the molecule is CCCc1nccn1Cc1nc(C(C)C)no1. The second-order valence-corrected chi connectivity index (χ2v) is 4.42. The topological polar surface area (TPSA) is 56.7 Å². The van der Waals surface area contributed by atoms with E-state index in [0.717, 1.165) is 24.5 Å². The predicted molar refractivity (Wildman–Crippen MR) is 63.7 cm³/mol. The van der Waals surface area contributed by atoms with Crippen LogP contribution in [0.2, 0.25) is 0 Å². The van der Waals surface area contributed by atoms with Crippen LogP contribution in [0, 0.1) is 0 Å². The summed E-state index contributed by atoms with van der Waals surface area (Å²) in [6.07, 6.45) is 5.81. The number of aromatic nitrogens is 4. The summed E-state index contributed by atoms with van der Waals surface area (Å²) in [5, 5.41) is 3.95. The third-order valence-electron chi connectivity index (χ3n) is 2.58. The molecule has 0 saturated carbocycles. The van der Waals surface area contributed by atoms with E-state index < -0.39 is 0 Å². The summed E-state index contributed by atoms with van der Waals surface area (Å²) >= 11 is 0. The van der Waals surface area contributed by atoms with Gasteiger partial charge in [-0.15, -0.1) is 0 Å². The van der Waals surface area contributed by atoms with Gasteiger partial charge in [0.05, 0.1) is 0 Å². The van der Waals surface area contributed by atoms with Crippen LogP contribution in [0.15, 0.2) is 16.9 Å². The Morgan fingerprint density at radius 3 is 2.88 bits per heavy atom. The van der Waals surface area contributed by atoms with Crippen LogP contribution >= 0.6 is 0 Å². The zero-order valence-corrected chi connectivity index (χ0v) is 10.6. The highest BCUT2D eigenvalue weighted by atomic mass is 16.5. The molecule has 17 heavy (non-hydrogen) atoms. The third kappa shape index (κ3) is 2.72. The van der Waals surface area contributed by atoms with Gasteiger partial charge >= 0.3 is 0 Å². The van der Waals surface area contributed by atoms with Gasteiger partial charge in [0.2, 0.25) is 5.89 Å². The fraction of sp³-hybridized carbons (Fsp3) is 0.583. The molecule has 0 radical (unpaired) electrons. The van der Waals surface area contributed by atoms with Crippen molar-refractivity contribution >= 4 is 0 Å². The third-order valence-corrected chi connectivity index (χ3v) is 2.58. The molecule has 0 aliphatic carbocycles. The summed E-state index contributed by atoms with van der Waals surface area (Å²) in [4.78, 5) is 8.68. The van der Waals surface area contributed by atoms with E-state index in [2.05, 4.69) is 26.6 Å². The van der Waals surface area contributed by atoms with Crippen molar-refractivity contribution in [3.63, 3.8) is 0 Å². The zero-order valence-electron chi connectivity index (χ0n) is 10.6. The molecule has 2 rings (SSSR count). The molecule has 0 aromatic carbocycles. The van der Waals surface area contributed by atoms with Gasteiger partial charge in [0, 0.05) is 24.7 Å². The molecule has 2 aromatic rings.